The van der Waals surface area contributed by atoms with Crippen molar-refractivity contribution in [3.8, 4) is 11.1 Å². The quantitative estimate of drug-likeness (QED) is 0.280. The predicted octanol–water partition coefficient (Wildman–Crippen LogP) is 4.21. The summed E-state index contributed by atoms with van der Waals surface area (Å²) in [5.74, 6) is 0.683. The molecule has 0 bridgehead atoms. The number of carboxylic acid groups (broad SMARTS) is 1. The molecule has 7 nitrogen and oxygen atoms in total. The summed E-state index contributed by atoms with van der Waals surface area (Å²) >= 11 is 1.55. The number of oxazole rings is 1. The first-order valence-corrected chi connectivity index (χ1v) is 15.6. The Morgan fingerprint density at radius 2 is 1.90 bits per heavy atom. The smallest absolute Gasteiger partial charge is 0.480 e. The number of aromatic nitrogens is 1. The van der Waals surface area contributed by atoms with Gasteiger partial charge in [-0.25, -0.2) is 9.78 Å². The Morgan fingerprint density at radius 3 is 2.59 bits per heavy atom. The number of carbonyl (C=O) groups is 2. The molecule has 1 heterocycles. The fourth-order valence-electron chi connectivity index (χ4n) is 5.46. The van der Waals surface area contributed by atoms with Gasteiger partial charge in [0.15, 0.2) is 12.2 Å². The first kappa shape index (κ1) is 33.0. The molecule has 214 valence electrons. The van der Waals surface area contributed by atoms with E-state index in [1.54, 1.807) is 24.0 Å². The van der Waals surface area contributed by atoms with E-state index in [1.807, 2.05) is 49.6 Å². The van der Waals surface area contributed by atoms with Crippen LogP contribution in [-0.2, 0) is 16.1 Å². The molecule has 0 spiro atoms. The maximum atomic E-state index is 13.4. The summed E-state index contributed by atoms with van der Waals surface area (Å²) in [6.45, 7) is 2.35. The summed E-state index contributed by atoms with van der Waals surface area (Å²) in [5, 5.41) is 12.4. The average molecular weight is 572 g/mol. The minimum absolute atomic E-state index is 0. The average Bonchev–Trinajstić information content (AvgIpc) is 3.51. The van der Waals surface area contributed by atoms with Gasteiger partial charge in [-0.1, -0.05) is 62.4 Å². The molecule has 1 aliphatic carbocycles. The number of ether oxygens (including phenoxy) is 1. The van der Waals surface area contributed by atoms with Gasteiger partial charge in [-0.05, 0) is 78.5 Å². The normalized spacial score (nSPS) is 15.1. The van der Waals surface area contributed by atoms with Crippen LogP contribution in [0.3, 0.4) is 0 Å². The number of carbonyl (C=O) groups excluding carboxylic acids is 1. The molecule has 4 rings (SSSR count). The van der Waals surface area contributed by atoms with Crippen LogP contribution in [0, 0.1) is 12.8 Å². The molecule has 0 radical (unpaired) electrons. The number of amides is 1. The van der Waals surface area contributed by atoms with Gasteiger partial charge in [0.25, 0.3) is 5.91 Å². The Kier molecular flexibility index (Phi) is 13.5. The summed E-state index contributed by atoms with van der Waals surface area (Å²) in [5.41, 5.74) is 4.07. The number of aliphatic carboxylic acids is 1. The molecule has 41 heavy (non-hydrogen) atoms. The molecule has 1 aromatic heterocycles. The molecule has 1 fully saturated rings. The van der Waals surface area contributed by atoms with Gasteiger partial charge in [-0.3, -0.25) is 4.79 Å². The van der Waals surface area contributed by atoms with Gasteiger partial charge in [-0.15, -0.1) is 0 Å². The van der Waals surface area contributed by atoms with Crippen molar-refractivity contribution in [2.75, 3.05) is 12.0 Å². The van der Waals surface area contributed by atoms with Crippen LogP contribution in [0.15, 0.2) is 59.5 Å². The number of hydrogen-bond acceptors (Lipinski definition) is 6. The number of nitrogens with one attached hydrogen (secondary N) is 1. The molecule has 3 aromatic rings. The van der Waals surface area contributed by atoms with E-state index in [0.29, 0.717) is 24.3 Å². The second-order valence-electron chi connectivity index (χ2n) is 10.6. The van der Waals surface area contributed by atoms with Gasteiger partial charge in [0, 0.05) is 5.56 Å². The zero-order valence-corrected chi connectivity index (χ0v) is 25.3. The molecule has 0 saturated heterocycles. The van der Waals surface area contributed by atoms with Crippen LogP contribution in [0.1, 0.15) is 84.7 Å². The number of rotatable bonds is 14. The van der Waals surface area contributed by atoms with Crippen LogP contribution in [0.4, 0.5) is 0 Å². The summed E-state index contributed by atoms with van der Waals surface area (Å²) in [6, 6.07) is 12.6. The van der Waals surface area contributed by atoms with Gasteiger partial charge in [0.05, 0.1) is 12.8 Å². The monoisotopic (exact) mass is 571 g/mol. The summed E-state index contributed by atoms with van der Waals surface area (Å²) in [7, 11) is 0. The summed E-state index contributed by atoms with van der Waals surface area (Å²) < 4.78 is 12.0. The van der Waals surface area contributed by atoms with E-state index in [1.165, 1.54) is 38.5 Å². The predicted molar refractivity (Wildman–Crippen MR) is 158 cm³/mol. The summed E-state index contributed by atoms with van der Waals surface area (Å²) in [4.78, 5) is 29.3. The third kappa shape index (κ3) is 9.51. The maximum Gasteiger partial charge on any atom is 1.00 e. The molecule has 1 aliphatic rings. The molecule has 2 aromatic carbocycles. The maximum absolute atomic E-state index is 13.4. The van der Waals surface area contributed by atoms with Crippen LogP contribution < -0.4 is 24.2 Å². The van der Waals surface area contributed by atoms with Crippen molar-refractivity contribution in [3.63, 3.8) is 0 Å². The molecular formula is C32H40LiN2O5S+. The SMILES string of the molecule is CSCCC(NC(=O)c1ccc(COC(CCC2CCCCC2)c2cnco2)cc1-c1ccccc1C)C(=O)O.[Li+]. The van der Waals surface area contributed by atoms with Crippen molar-refractivity contribution in [2.24, 2.45) is 5.92 Å². The molecule has 1 saturated carbocycles. The van der Waals surface area contributed by atoms with E-state index in [9.17, 15) is 14.7 Å². The largest absolute Gasteiger partial charge is 1.00 e. The van der Waals surface area contributed by atoms with E-state index in [0.717, 1.165) is 46.8 Å². The standard InChI is InChI=1S/C32H40N2O5S.Li/c1-22-8-6-7-11-25(22)27-18-24(12-14-26(27)31(35)34-28(32(36)37)16-17-40-2)20-38-29(30-19-33-21-39-30)15-13-23-9-4-3-5-10-23;/h6-8,11-12,14,18-19,21,23,28-29H,3-5,9-10,13,15-17,20H2,1-2H3,(H,34,35)(H,36,37);/q;+1. The van der Waals surface area contributed by atoms with E-state index in [-0.39, 0.29) is 25.0 Å². The molecule has 2 unspecified atom stereocenters. The Balaban J connectivity index is 0.00000462. The minimum atomic E-state index is -1.03. The van der Waals surface area contributed by atoms with E-state index in [4.69, 9.17) is 9.15 Å². The molecule has 0 aliphatic heterocycles. The second-order valence-corrected chi connectivity index (χ2v) is 11.6. The Labute approximate surface area is 259 Å². The number of benzene rings is 2. The van der Waals surface area contributed by atoms with Crippen LogP contribution >= 0.6 is 11.8 Å². The van der Waals surface area contributed by atoms with Gasteiger partial charge < -0.3 is 19.6 Å². The number of nitrogens with zero attached hydrogens (tertiary/aromatic N) is 1. The minimum Gasteiger partial charge on any atom is -0.480 e. The van der Waals surface area contributed by atoms with Gasteiger partial charge >= 0.3 is 24.8 Å². The van der Waals surface area contributed by atoms with E-state index >= 15 is 0 Å². The Bertz CT molecular complexity index is 1250. The Morgan fingerprint density at radius 1 is 1.12 bits per heavy atom. The zero-order chi connectivity index (χ0) is 28.3. The van der Waals surface area contributed by atoms with Crippen molar-refractivity contribution in [3.05, 3.63) is 77.5 Å². The number of hydrogen-bond donors (Lipinski definition) is 2. The summed E-state index contributed by atoms with van der Waals surface area (Å²) in [6.07, 6.45) is 13.8. The van der Waals surface area contributed by atoms with E-state index in [2.05, 4.69) is 10.3 Å². The van der Waals surface area contributed by atoms with Gasteiger partial charge in [0.2, 0.25) is 0 Å². The first-order chi connectivity index (χ1) is 19.5. The first-order valence-electron chi connectivity index (χ1n) is 14.2. The third-order valence-corrected chi connectivity index (χ3v) is 8.40. The molecule has 1 amide bonds. The van der Waals surface area contributed by atoms with Crippen molar-refractivity contribution in [1.82, 2.24) is 10.3 Å². The van der Waals surface area contributed by atoms with Crippen LogP contribution in [0.25, 0.3) is 11.1 Å². The number of aryl methyl sites for hydroxylation is 1. The second kappa shape index (κ2) is 16.8. The number of carboxylic acids is 1. The van der Waals surface area contributed by atoms with Crippen LogP contribution in [0.2, 0.25) is 0 Å². The van der Waals surface area contributed by atoms with Crippen molar-refractivity contribution < 1.29 is 42.7 Å². The third-order valence-electron chi connectivity index (χ3n) is 7.76. The van der Waals surface area contributed by atoms with Crippen molar-refractivity contribution >= 4 is 23.6 Å². The zero-order valence-electron chi connectivity index (χ0n) is 24.4. The van der Waals surface area contributed by atoms with Crippen LogP contribution in [0.5, 0.6) is 0 Å². The van der Waals surface area contributed by atoms with Crippen molar-refractivity contribution in [1.29, 1.82) is 0 Å². The molecular weight excluding hydrogens is 531 g/mol. The molecule has 2 atom stereocenters. The van der Waals surface area contributed by atoms with Crippen LogP contribution in [-0.4, -0.2) is 40.0 Å². The van der Waals surface area contributed by atoms with Gasteiger partial charge in [0.1, 0.15) is 12.1 Å². The fraction of sp³-hybridized carbons (Fsp3) is 0.469. The molecule has 2 N–H and O–H groups in total. The number of thioether (sulfide) groups is 1. The topological polar surface area (TPSA) is 102 Å². The Hall–Kier alpha value is -2.50. The van der Waals surface area contributed by atoms with Gasteiger partial charge in [-0.2, -0.15) is 11.8 Å². The van der Waals surface area contributed by atoms with E-state index < -0.39 is 17.9 Å². The molecule has 9 heteroatoms. The van der Waals surface area contributed by atoms with Crippen molar-refractivity contribution in [2.45, 2.75) is 77.0 Å². The fourth-order valence-corrected chi connectivity index (χ4v) is 5.93.